The standard InChI is InChI=1S/C14H25BN2O2/c1-12(2,3)10-17-9-11(8-16-17)15-18-13(4,5)14(6,7)19-15/h8-9H,10H2,1-7H3. The summed E-state index contributed by atoms with van der Waals surface area (Å²) < 4.78 is 14.0. The maximum absolute atomic E-state index is 6.02. The van der Waals surface area contributed by atoms with Crippen LogP contribution in [0, 0.1) is 5.41 Å². The minimum Gasteiger partial charge on any atom is -0.399 e. The van der Waals surface area contributed by atoms with Gasteiger partial charge in [-0.3, -0.25) is 4.68 Å². The fraction of sp³-hybridized carbons (Fsp3) is 0.786. The summed E-state index contributed by atoms with van der Waals surface area (Å²) in [5, 5.41) is 4.40. The lowest BCUT2D eigenvalue weighted by atomic mass is 9.82. The molecule has 0 aromatic carbocycles. The van der Waals surface area contributed by atoms with Crippen LogP contribution in [0.2, 0.25) is 0 Å². The SMILES string of the molecule is CC(C)(C)Cn1cc(B2OC(C)(C)C(C)(C)O2)cn1. The molecule has 0 spiro atoms. The zero-order valence-corrected chi connectivity index (χ0v) is 13.2. The molecule has 4 nitrogen and oxygen atoms in total. The third kappa shape index (κ3) is 3.03. The van der Waals surface area contributed by atoms with Gasteiger partial charge in [-0.25, -0.2) is 0 Å². The molecule has 106 valence electrons. The van der Waals surface area contributed by atoms with Crippen LogP contribution in [0.5, 0.6) is 0 Å². The molecule has 0 unspecified atom stereocenters. The second-order valence-electron chi connectivity index (χ2n) is 7.62. The Balaban J connectivity index is 2.13. The zero-order valence-electron chi connectivity index (χ0n) is 13.2. The van der Waals surface area contributed by atoms with Crippen molar-refractivity contribution in [3.8, 4) is 0 Å². The fourth-order valence-electron chi connectivity index (χ4n) is 2.05. The maximum Gasteiger partial charge on any atom is 0.498 e. The van der Waals surface area contributed by atoms with E-state index in [0.29, 0.717) is 0 Å². The molecular weight excluding hydrogens is 239 g/mol. The highest BCUT2D eigenvalue weighted by Gasteiger charge is 2.52. The van der Waals surface area contributed by atoms with Gasteiger partial charge >= 0.3 is 7.12 Å². The first-order valence-corrected chi connectivity index (χ1v) is 6.88. The van der Waals surface area contributed by atoms with Gasteiger partial charge < -0.3 is 9.31 Å². The normalized spacial score (nSPS) is 21.9. The van der Waals surface area contributed by atoms with Crippen molar-refractivity contribution in [3.05, 3.63) is 12.4 Å². The molecule has 2 heterocycles. The van der Waals surface area contributed by atoms with Gasteiger partial charge in [0, 0.05) is 24.4 Å². The van der Waals surface area contributed by atoms with E-state index in [1.165, 1.54) is 0 Å². The van der Waals surface area contributed by atoms with Gasteiger partial charge in [0.25, 0.3) is 0 Å². The Morgan fingerprint density at radius 2 is 1.68 bits per heavy atom. The Morgan fingerprint density at radius 3 is 2.16 bits per heavy atom. The van der Waals surface area contributed by atoms with Crippen molar-refractivity contribution in [2.75, 3.05) is 0 Å². The summed E-state index contributed by atoms with van der Waals surface area (Å²) in [7, 11) is -0.321. The minimum atomic E-state index is -0.321. The van der Waals surface area contributed by atoms with E-state index in [1.807, 2.05) is 17.1 Å². The summed E-state index contributed by atoms with van der Waals surface area (Å²) in [5.74, 6) is 0. The molecule has 1 aliphatic heterocycles. The van der Waals surface area contributed by atoms with Crippen molar-refractivity contribution in [2.24, 2.45) is 5.41 Å². The predicted molar refractivity (Wildman–Crippen MR) is 77.4 cm³/mol. The Bertz CT molecular complexity index is 444. The van der Waals surface area contributed by atoms with Gasteiger partial charge in [-0.15, -0.1) is 0 Å². The van der Waals surface area contributed by atoms with Crippen molar-refractivity contribution in [1.29, 1.82) is 0 Å². The Labute approximate surface area is 116 Å². The zero-order chi connectivity index (χ0) is 14.5. The van der Waals surface area contributed by atoms with Crippen LogP contribution >= 0.6 is 0 Å². The van der Waals surface area contributed by atoms with Crippen LogP contribution in [-0.4, -0.2) is 28.1 Å². The molecule has 0 aliphatic carbocycles. The molecular formula is C14H25BN2O2. The smallest absolute Gasteiger partial charge is 0.399 e. The molecule has 0 amide bonds. The number of nitrogens with zero attached hydrogens (tertiary/aromatic N) is 2. The molecule has 1 aromatic heterocycles. The molecule has 1 saturated heterocycles. The summed E-state index contributed by atoms with van der Waals surface area (Å²) in [6.45, 7) is 15.7. The molecule has 1 aromatic rings. The van der Waals surface area contributed by atoms with Crippen molar-refractivity contribution in [2.45, 2.75) is 66.2 Å². The fourth-order valence-corrected chi connectivity index (χ4v) is 2.05. The van der Waals surface area contributed by atoms with E-state index in [-0.39, 0.29) is 23.7 Å². The van der Waals surface area contributed by atoms with Crippen LogP contribution < -0.4 is 5.46 Å². The molecule has 0 radical (unpaired) electrons. The molecule has 5 heteroatoms. The first kappa shape index (κ1) is 14.6. The highest BCUT2D eigenvalue weighted by atomic mass is 16.7. The Hall–Kier alpha value is -0.805. The highest BCUT2D eigenvalue weighted by molar-refractivity contribution is 6.61. The topological polar surface area (TPSA) is 36.3 Å². The van der Waals surface area contributed by atoms with E-state index < -0.39 is 0 Å². The molecule has 0 saturated carbocycles. The third-order valence-corrected chi connectivity index (χ3v) is 3.81. The van der Waals surface area contributed by atoms with Gasteiger partial charge in [0.05, 0.1) is 11.2 Å². The van der Waals surface area contributed by atoms with E-state index in [4.69, 9.17) is 9.31 Å². The van der Waals surface area contributed by atoms with E-state index in [0.717, 1.165) is 12.0 Å². The summed E-state index contributed by atoms with van der Waals surface area (Å²) in [4.78, 5) is 0. The lowest BCUT2D eigenvalue weighted by Gasteiger charge is -2.32. The lowest BCUT2D eigenvalue weighted by molar-refractivity contribution is 0.00578. The van der Waals surface area contributed by atoms with Crippen LogP contribution in [0.4, 0.5) is 0 Å². The molecule has 0 atom stereocenters. The molecule has 2 rings (SSSR count). The third-order valence-electron chi connectivity index (χ3n) is 3.81. The van der Waals surface area contributed by atoms with Crippen LogP contribution in [0.3, 0.4) is 0 Å². The van der Waals surface area contributed by atoms with E-state index in [9.17, 15) is 0 Å². The summed E-state index contributed by atoms with van der Waals surface area (Å²) in [5.41, 5.74) is 0.593. The first-order valence-electron chi connectivity index (χ1n) is 6.88. The van der Waals surface area contributed by atoms with Gasteiger partial charge in [-0.1, -0.05) is 20.8 Å². The van der Waals surface area contributed by atoms with Crippen molar-refractivity contribution >= 4 is 12.6 Å². The monoisotopic (exact) mass is 264 g/mol. The second kappa shape index (κ2) is 4.35. The molecule has 0 N–H and O–H groups in total. The van der Waals surface area contributed by atoms with Crippen LogP contribution in [0.25, 0.3) is 0 Å². The Kier molecular flexibility index (Phi) is 3.34. The number of rotatable bonds is 2. The summed E-state index contributed by atoms with van der Waals surface area (Å²) in [6.07, 6.45) is 3.86. The largest absolute Gasteiger partial charge is 0.498 e. The Morgan fingerprint density at radius 1 is 1.16 bits per heavy atom. The van der Waals surface area contributed by atoms with Gasteiger partial charge in [0.2, 0.25) is 0 Å². The van der Waals surface area contributed by atoms with E-state index in [1.54, 1.807) is 0 Å². The summed E-state index contributed by atoms with van der Waals surface area (Å²) >= 11 is 0. The lowest BCUT2D eigenvalue weighted by Crippen LogP contribution is -2.41. The molecule has 0 bridgehead atoms. The predicted octanol–water partition coefficient (Wildman–Crippen LogP) is 2.23. The van der Waals surface area contributed by atoms with Crippen molar-refractivity contribution in [1.82, 2.24) is 9.78 Å². The second-order valence-corrected chi connectivity index (χ2v) is 7.62. The van der Waals surface area contributed by atoms with E-state index in [2.05, 4.69) is 53.6 Å². The van der Waals surface area contributed by atoms with Crippen LogP contribution in [-0.2, 0) is 15.9 Å². The number of hydrogen-bond acceptors (Lipinski definition) is 3. The quantitative estimate of drug-likeness (QED) is 0.768. The molecule has 1 aliphatic rings. The van der Waals surface area contributed by atoms with Gasteiger partial charge in [0.1, 0.15) is 0 Å². The van der Waals surface area contributed by atoms with Crippen molar-refractivity contribution in [3.63, 3.8) is 0 Å². The molecule has 19 heavy (non-hydrogen) atoms. The number of aromatic nitrogens is 2. The van der Waals surface area contributed by atoms with Crippen LogP contribution in [0.1, 0.15) is 48.5 Å². The minimum absolute atomic E-state index is 0.208. The van der Waals surface area contributed by atoms with Gasteiger partial charge in [-0.05, 0) is 33.1 Å². The van der Waals surface area contributed by atoms with Gasteiger partial charge in [0.15, 0.2) is 0 Å². The van der Waals surface area contributed by atoms with Gasteiger partial charge in [-0.2, -0.15) is 5.10 Å². The average Bonchev–Trinajstić information content (AvgIpc) is 2.68. The van der Waals surface area contributed by atoms with Crippen LogP contribution in [0.15, 0.2) is 12.4 Å². The summed E-state index contributed by atoms with van der Waals surface area (Å²) in [6, 6.07) is 0. The average molecular weight is 264 g/mol. The van der Waals surface area contributed by atoms with E-state index >= 15 is 0 Å². The first-order chi connectivity index (χ1) is 8.50. The number of hydrogen-bond donors (Lipinski definition) is 0. The maximum atomic E-state index is 6.02. The van der Waals surface area contributed by atoms with Crippen molar-refractivity contribution < 1.29 is 9.31 Å². The highest BCUT2D eigenvalue weighted by Crippen LogP contribution is 2.36. The molecule has 1 fully saturated rings.